The van der Waals surface area contributed by atoms with Gasteiger partial charge in [0.25, 0.3) is 0 Å². The molecule has 2 heterocycles. The lowest BCUT2D eigenvalue weighted by Gasteiger charge is -2.43. The molecule has 5 rings (SSSR count). The number of anilines is 1. The SMILES string of the molecule is CC(C)(C)OC(=O)N[C@@H]1c2ccccc2CC12CCN(c1cnc(C(=O)c3ccccc3)cn1)CC2. The lowest BCUT2D eigenvalue weighted by Crippen LogP contribution is -2.48. The van der Waals surface area contributed by atoms with Crippen LogP contribution in [0.2, 0.25) is 0 Å². The fourth-order valence-electron chi connectivity index (χ4n) is 5.43. The van der Waals surface area contributed by atoms with Gasteiger partial charge in [-0.25, -0.2) is 14.8 Å². The highest BCUT2D eigenvalue weighted by atomic mass is 16.6. The van der Waals surface area contributed by atoms with E-state index in [-0.39, 0.29) is 23.3 Å². The van der Waals surface area contributed by atoms with Crippen molar-refractivity contribution in [2.24, 2.45) is 5.41 Å². The van der Waals surface area contributed by atoms with Crippen LogP contribution in [0, 0.1) is 5.41 Å². The molecule has 1 fully saturated rings. The highest BCUT2D eigenvalue weighted by Gasteiger charge is 2.48. The number of fused-ring (bicyclic) bond motifs is 1. The first-order valence-corrected chi connectivity index (χ1v) is 12.5. The van der Waals surface area contributed by atoms with Crippen molar-refractivity contribution < 1.29 is 14.3 Å². The number of aromatic nitrogens is 2. The highest BCUT2D eigenvalue weighted by molar-refractivity contribution is 6.07. The van der Waals surface area contributed by atoms with Crippen molar-refractivity contribution >= 4 is 17.7 Å². The van der Waals surface area contributed by atoms with Crippen LogP contribution in [0.1, 0.15) is 66.8 Å². The molecule has 1 aromatic heterocycles. The van der Waals surface area contributed by atoms with Crippen LogP contribution in [0.4, 0.5) is 10.6 Å². The zero-order valence-electron chi connectivity index (χ0n) is 21.0. The van der Waals surface area contributed by atoms with Crippen LogP contribution in [0.25, 0.3) is 0 Å². The first-order valence-electron chi connectivity index (χ1n) is 12.5. The molecule has 0 unspecified atom stereocenters. The Labute approximate surface area is 211 Å². The van der Waals surface area contributed by atoms with Crippen molar-refractivity contribution in [2.75, 3.05) is 18.0 Å². The fourth-order valence-corrected chi connectivity index (χ4v) is 5.43. The van der Waals surface area contributed by atoms with Crippen LogP contribution >= 0.6 is 0 Å². The first kappa shape index (κ1) is 24.0. The molecule has 0 radical (unpaired) electrons. The number of ketones is 1. The number of carbonyl (C=O) groups is 2. The van der Waals surface area contributed by atoms with E-state index in [9.17, 15) is 9.59 Å². The Morgan fingerprint density at radius 2 is 1.67 bits per heavy atom. The molecule has 1 atom stereocenters. The van der Waals surface area contributed by atoms with Crippen LogP contribution in [-0.4, -0.2) is 40.5 Å². The molecule has 36 heavy (non-hydrogen) atoms. The molecular formula is C29H32N4O3. The number of nitrogens with one attached hydrogen (secondary N) is 1. The van der Waals surface area contributed by atoms with Crippen molar-refractivity contribution in [1.29, 1.82) is 0 Å². The van der Waals surface area contributed by atoms with Gasteiger partial charge in [0.1, 0.15) is 17.1 Å². The van der Waals surface area contributed by atoms with E-state index in [2.05, 4.69) is 38.4 Å². The molecule has 2 aromatic carbocycles. The van der Waals surface area contributed by atoms with E-state index >= 15 is 0 Å². The van der Waals surface area contributed by atoms with Crippen LogP contribution in [0.15, 0.2) is 67.0 Å². The average molecular weight is 485 g/mol. The summed E-state index contributed by atoms with van der Waals surface area (Å²) < 4.78 is 5.60. The van der Waals surface area contributed by atoms with Crippen LogP contribution < -0.4 is 10.2 Å². The van der Waals surface area contributed by atoms with Gasteiger partial charge in [-0.15, -0.1) is 0 Å². The Balaban J connectivity index is 1.30. The summed E-state index contributed by atoms with van der Waals surface area (Å²) >= 11 is 0. The molecular weight excluding hydrogens is 452 g/mol. The van der Waals surface area contributed by atoms with Crippen molar-refractivity contribution in [3.8, 4) is 0 Å². The molecule has 2 aliphatic rings. The number of amides is 1. The van der Waals surface area contributed by atoms with E-state index in [1.165, 1.54) is 11.1 Å². The number of piperidine rings is 1. The van der Waals surface area contributed by atoms with Gasteiger partial charge >= 0.3 is 6.09 Å². The van der Waals surface area contributed by atoms with Gasteiger partial charge in [0, 0.05) is 24.1 Å². The average Bonchev–Trinajstić information content (AvgIpc) is 3.16. The Morgan fingerprint density at radius 1 is 0.972 bits per heavy atom. The maximum absolute atomic E-state index is 12.7. The van der Waals surface area contributed by atoms with Gasteiger partial charge in [0.2, 0.25) is 5.78 Å². The topological polar surface area (TPSA) is 84.4 Å². The summed E-state index contributed by atoms with van der Waals surface area (Å²) in [7, 11) is 0. The second kappa shape index (κ2) is 9.37. The van der Waals surface area contributed by atoms with E-state index < -0.39 is 5.60 Å². The number of benzene rings is 2. The maximum atomic E-state index is 12.7. The smallest absolute Gasteiger partial charge is 0.408 e. The minimum Gasteiger partial charge on any atom is -0.444 e. The molecule has 1 spiro atoms. The number of nitrogens with zero attached hydrogens (tertiary/aromatic N) is 3. The molecule has 0 saturated carbocycles. The zero-order valence-corrected chi connectivity index (χ0v) is 21.0. The third-order valence-electron chi connectivity index (χ3n) is 7.17. The molecule has 1 aliphatic carbocycles. The number of hydrogen-bond acceptors (Lipinski definition) is 6. The molecule has 1 N–H and O–H groups in total. The summed E-state index contributed by atoms with van der Waals surface area (Å²) in [5, 5.41) is 3.20. The van der Waals surface area contributed by atoms with E-state index in [0.717, 1.165) is 38.2 Å². The minimum atomic E-state index is -0.550. The van der Waals surface area contributed by atoms with Gasteiger partial charge in [-0.2, -0.15) is 0 Å². The standard InChI is InChI=1S/C29H32N4O3/c1-28(2,3)36-27(35)32-26-22-12-8-7-11-21(22)17-29(26)13-15-33(16-14-29)24-19-30-23(18-31-24)25(34)20-9-5-4-6-10-20/h4-12,18-19,26H,13-17H2,1-3H3,(H,32,35)/t26-/m1/s1. The summed E-state index contributed by atoms with van der Waals surface area (Å²) in [6.07, 6.45) is 5.59. The van der Waals surface area contributed by atoms with Gasteiger partial charge in [-0.1, -0.05) is 54.6 Å². The molecule has 1 saturated heterocycles. The maximum Gasteiger partial charge on any atom is 0.408 e. The fraction of sp³-hybridized carbons (Fsp3) is 0.379. The predicted molar refractivity (Wildman–Crippen MR) is 138 cm³/mol. The Hall–Kier alpha value is -3.74. The van der Waals surface area contributed by atoms with E-state index in [4.69, 9.17) is 4.74 Å². The third-order valence-corrected chi connectivity index (χ3v) is 7.17. The zero-order chi connectivity index (χ0) is 25.3. The van der Waals surface area contributed by atoms with Crippen molar-refractivity contribution in [3.05, 3.63) is 89.4 Å². The number of hydrogen-bond donors (Lipinski definition) is 1. The number of rotatable bonds is 4. The predicted octanol–water partition coefficient (Wildman–Crippen LogP) is 5.12. The van der Waals surface area contributed by atoms with E-state index in [0.29, 0.717) is 11.3 Å². The molecule has 1 aliphatic heterocycles. The Morgan fingerprint density at radius 3 is 2.33 bits per heavy atom. The third kappa shape index (κ3) is 4.83. The van der Waals surface area contributed by atoms with Crippen molar-refractivity contribution in [2.45, 2.75) is 51.7 Å². The first-order chi connectivity index (χ1) is 17.2. The van der Waals surface area contributed by atoms with E-state index in [1.54, 1.807) is 24.5 Å². The second-order valence-corrected chi connectivity index (χ2v) is 10.8. The highest BCUT2D eigenvalue weighted by Crippen LogP contribution is 2.52. The molecule has 1 amide bonds. The number of ether oxygens (including phenoxy) is 1. The Bertz CT molecular complexity index is 1240. The molecule has 7 heteroatoms. The molecule has 7 nitrogen and oxygen atoms in total. The second-order valence-electron chi connectivity index (χ2n) is 10.8. The van der Waals surface area contributed by atoms with Crippen LogP contribution in [0.5, 0.6) is 0 Å². The van der Waals surface area contributed by atoms with Crippen LogP contribution in [0.3, 0.4) is 0 Å². The molecule has 3 aromatic rings. The quantitative estimate of drug-likeness (QED) is 0.518. The lowest BCUT2D eigenvalue weighted by atomic mass is 9.72. The van der Waals surface area contributed by atoms with Crippen molar-refractivity contribution in [1.82, 2.24) is 15.3 Å². The van der Waals surface area contributed by atoms with Gasteiger partial charge in [-0.05, 0) is 51.2 Å². The van der Waals surface area contributed by atoms with Gasteiger partial charge in [0.05, 0.1) is 18.4 Å². The summed E-state index contributed by atoms with van der Waals surface area (Å²) in [5.41, 5.74) is 2.78. The van der Waals surface area contributed by atoms with Crippen molar-refractivity contribution in [3.63, 3.8) is 0 Å². The lowest BCUT2D eigenvalue weighted by molar-refractivity contribution is 0.0428. The van der Waals surface area contributed by atoms with Crippen LogP contribution in [-0.2, 0) is 11.2 Å². The summed E-state index contributed by atoms with van der Waals surface area (Å²) in [4.78, 5) is 36.6. The number of carbonyl (C=O) groups excluding carboxylic acids is 2. The normalized spacial score (nSPS) is 18.5. The molecule has 0 bridgehead atoms. The largest absolute Gasteiger partial charge is 0.444 e. The summed E-state index contributed by atoms with van der Waals surface area (Å²) in [5.74, 6) is 0.633. The van der Waals surface area contributed by atoms with Gasteiger partial charge in [-0.3, -0.25) is 4.79 Å². The minimum absolute atomic E-state index is 0.0757. The van der Waals surface area contributed by atoms with Gasteiger partial charge < -0.3 is 15.0 Å². The summed E-state index contributed by atoms with van der Waals surface area (Å²) in [6, 6.07) is 17.4. The summed E-state index contributed by atoms with van der Waals surface area (Å²) in [6.45, 7) is 7.22. The molecule has 186 valence electrons. The monoisotopic (exact) mass is 484 g/mol. The van der Waals surface area contributed by atoms with Gasteiger partial charge in [0.15, 0.2) is 0 Å². The Kier molecular flexibility index (Phi) is 6.24. The number of alkyl carbamates (subject to hydrolysis) is 1. The van der Waals surface area contributed by atoms with E-state index in [1.807, 2.05) is 45.0 Å².